The van der Waals surface area contributed by atoms with E-state index < -0.39 is 18.0 Å². The molecule has 1 atom stereocenters. The summed E-state index contributed by atoms with van der Waals surface area (Å²) in [6.45, 7) is 2.62. The fraction of sp³-hybridized carbons (Fsp3) is 0.400. The van der Waals surface area contributed by atoms with Gasteiger partial charge in [0.15, 0.2) is 0 Å². The van der Waals surface area contributed by atoms with Crippen LogP contribution in [0.1, 0.15) is 0 Å². The monoisotopic (exact) mass is 188 g/mol. The molecule has 0 aliphatic heterocycles. The average Bonchev–Trinajstić information content (AvgIpc) is 1.85. The van der Waals surface area contributed by atoms with Gasteiger partial charge in [0.25, 0.3) is 0 Å². The van der Waals surface area contributed by atoms with Crippen LogP contribution in [0.5, 0.6) is 0 Å². The number of alkyl halides is 4. The predicted molar refractivity (Wildman–Crippen MR) is 28.8 cm³/mol. The first kappa shape index (κ1) is 10.7. The van der Waals surface area contributed by atoms with Crippen molar-refractivity contribution in [2.45, 2.75) is 12.0 Å². The van der Waals surface area contributed by atoms with Crippen molar-refractivity contribution >= 4 is 5.97 Å². The molecular formula is C5H4F4O3. The average molecular weight is 188 g/mol. The van der Waals surface area contributed by atoms with Crippen molar-refractivity contribution in [2.75, 3.05) is 0 Å². The number of hydrogen-bond acceptors (Lipinski definition) is 2. The molecule has 0 aliphatic carbocycles. The molecule has 0 rings (SSSR count). The van der Waals surface area contributed by atoms with Crippen LogP contribution in [-0.2, 0) is 9.53 Å². The van der Waals surface area contributed by atoms with Crippen molar-refractivity contribution in [3.63, 3.8) is 0 Å². The van der Waals surface area contributed by atoms with Crippen LogP contribution < -0.4 is 0 Å². The largest absolute Gasteiger partial charge is 0.476 e. The molecule has 3 nitrogen and oxygen atoms in total. The van der Waals surface area contributed by atoms with Crippen LogP contribution in [-0.4, -0.2) is 23.1 Å². The Kier molecular flexibility index (Phi) is 2.68. The third-order valence-corrected chi connectivity index (χ3v) is 0.885. The molecule has 12 heavy (non-hydrogen) atoms. The minimum atomic E-state index is -5.63. The number of hydrogen-bond donors (Lipinski definition) is 1. The molecule has 0 amide bonds. The van der Waals surface area contributed by atoms with Crippen molar-refractivity contribution in [1.82, 2.24) is 0 Å². The SMILES string of the molecule is C=COC(F)(C(=O)O)C(F)(F)F. The number of ether oxygens (including phenoxy) is 1. The van der Waals surface area contributed by atoms with Gasteiger partial charge in [-0.05, 0) is 0 Å². The molecule has 0 aromatic heterocycles. The third-order valence-electron chi connectivity index (χ3n) is 0.885. The first-order valence-electron chi connectivity index (χ1n) is 2.53. The molecule has 0 aliphatic rings. The lowest BCUT2D eigenvalue weighted by atomic mass is 10.3. The lowest BCUT2D eigenvalue weighted by molar-refractivity contribution is -0.307. The molecule has 0 saturated heterocycles. The van der Waals surface area contributed by atoms with Gasteiger partial charge in [0.2, 0.25) is 0 Å². The molecule has 0 heterocycles. The van der Waals surface area contributed by atoms with Gasteiger partial charge in [-0.2, -0.15) is 17.6 Å². The smallest absolute Gasteiger partial charge is 0.472 e. The Labute approximate surface area is 64.2 Å². The van der Waals surface area contributed by atoms with Crippen molar-refractivity contribution < 1.29 is 32.2 Å². The van der Waals surface area contributed by atoms with Crippen molar-refractivity contribution in [3.8, 4) is 0 Å². The van der Waals surface area contributed by atoms with E-state index in [0.29, 0.717) is 0 Å². The van der Waals surface area contributed by atoms with Gasteiger partial charge in [0.1, 0.15) is 0 Å². The summed E-state index contributed by atoms with van der Waals surface area (Å²) in [5.74, 6) is -7.48. The molecule has 0 spiro atoms. The fourth-order valence-corrected chi connectivity index (χ4v) is 0.353. The maximum Gasteiger partial charge on any atom is 0.472 e. The lowest BCUT2D eigenvalue weighted by Crippen LogP contribution is -2.49. The molecule has 0 bridgehead atoms. The zero-order chi connectivity index (χ0) is 9.99. The number of aliphatic carboxylic acids is 1. The molecule has 1 N–H and O–H groups in total. The van der Waals surface area contributed by atoms with Crippen LogP contribution in [0.3, 0.4) is 0 Å². The standard InChI is InChI=1S/C5H4F4O3/c1-2-12-4(6,3(10)11)5(7,8)9/h2H,1H2,(H,10,11). The van der Waals surface area contributed by atoms with E-state index in [4.69, 9.17) is 5.11 Å². The predicted octanol–water partition coefficient (Wildman–Crippen LogP) is 1.46. The first-order valence-corrected chi connectivity index (χ1v) is 2.53. The topological polar surface area (TPSA) is 46.5 Å². The normalized spacial score (nSPS) is 16.3. The second-order valence-electron chi connectivity index (χ2n) is 1.68. The zero-order valence-electron chi connectivity index (χ0n) is 5.56. The Morgan fingerprint density at radius 1 is 1.42 bits per heavy atom. The van der Waals surface area contributed by atoms with Gasteiger partial charge in [-0.15, -0.1) is 0 Å². The van der Waals surface area contributed by atoms with Gasteiger partial charge in [0, 0.05) is 0 Å². The molecule has 70 valence electrons. The molecule has 0 radical (unpaired) electrons. The Balaban J connectivity index is 4.86. The number of carboxylic acids is 1. The van der Waals surface area contributed by atoms with Crippen LogP contribution >= 0.6 is 0 Å². The van der Waals surface area contributed by atoms with Gasteiger partial charge < -0.3 is 9.84 Å². The van der Waals surface area contributed by atoms with Crippen LogP contribution in [0.2, 0.25) is 0 Å². The molecule has 7 heteroatoms. The summed E-state index contributed by atoms with van der Waals surface area (Å²) in [6.07, 6.45) is -5.56. The molecule has 0 aromatic carbocycles. The van der Waals surface area contributed by atoms with Gasteiger partial charge in [-0.25, -0.2) is 4.79 Å². The van der Waals surface area contributed by atoms with Crippen molar-refractivity contribution in [1.29, 1.82) is 0 Å². The van der Waals surface area contributed by atoms with E-state index >= 15 is 0 Å². The Hall–Kier alpha value is -1.27. The number of rotatable bonds is 3. The molecule has 0 aromatic rings. The fourth-order valence-electron chi connectivity index (χ4n) is 0.353. The van der Waals surface area contributed by atoms with Crippen LogP contribution in [0, 0.1) is 0 Å². The third kappa shape index (κ3) is 1.66. The van der Waals surface area contributed by atoms with Crippen LogP contribution in [0.25, 0.3) is 0 Å². The summed E-state index contributed by atoms with van der Waals surface area (Å²) in [5, 5.41) is 7.83. The van der Waals surface area contributed by atoms with Gasteiger partial charge in [-0.3, -0.25) is 0 Å². The highest BCUT2D eigenvalue weighted by atomic mass is 19.4. The second kappa shape index (κ2) is 3.00. The van der Waals surface area contributed by atoms with Gasteiger partial charge in [0.05, 0.1) is 6.26 Å². The summed E-state index contributed by atoms with van der Waals surface area (Å²) in [4.78, 5) is 9.79. The van der Waals surface area contributed by atoms with E-state index in [1.54, 1.807) is 0 Å². The van der Waals surface area contributed by atoms with E-state index in [1.165, 1.54) is 0 Å². The highest BCUT2D eigenvalue weighted by Gasteiger charge is 2.65. The summed E-state index contributed by atoms with van der Waals surface area (Å²) in [7, 11) is 0. The minimum absolute atomic E-state index is 0.0710. The number of carbonyl (C=O) groups is 1. The summed E-state index contributed by atoms with van der Waals surface area (Å²) in [6, 6.07) is 0. The molecule has 1 unspecified atom stereocenters. The summed E-state index contributed by atoms with van der Waals surface area (Å²) >= 11 is 0. The van der Waals surface area contributed by atoms with E-state index in [9.17, 15) is 22.4 Å². The summed E-state index contributed by atoms with van der Waals surface area (Å²) in [5.41, 5.74) is 0. The van der Waals surface area contributed by atoms with Crippen molar-refractivity contribution in [2.24, 2.45) is 0 Å². The quantitative estimate of drug-likeness (QED) is 0.538. The van der Waals surface area contributed by atoms with E-state index in [-0.39, 0.29) is 6.26 Å². The number of carboxylic acid groups (broad SMARTS) is 1. The minimum Gasteiger partial charge on any atom is -0.476 e. The van der Waals surface area contributed by atoms with Gasteiger partial charge >= 0.3 is 18.0 Å². The Morgan fingerprint density at radius 3 is 1.92 bits per heavy atom. The Morgan fingerprint density at radius 2 is 1.83 bits per heavy atom. The van der Waals surface area contributed by atoms with Crippen LogP contribution in [0.4, 0.5) is 17.6 Å². The Bertz CT molecular complexity index is 199. The maximum atomic E-state index is 12.4. The highest BCUT2D eigenvalue weighted by molar-refractivity contribution is 5.76. The first-order chi connectivity index (χ1) is 5.25. The maximum absolute atomic E-state index is 12.4. The lowest BCUT2D eigenvalue weighted by Gasteiger charge is -2.21. The zero-order valence-corrected chi connectivity index (χ0v) is 5.56. The van der Waals surface area contributed by atoms with Crippen molar-refractivity contribution in [3.05, 3.63) is 12.8 Å². The van der Waals surface area contributed by atoms with E-state index in [1.807, 2.05) is 0 Å². The van der Waals surface area contributed by atoms with Crippen LogP contribution in [0.15, 0.2) is 12.8 Å². The molecule has 0 fully saturated rings. The van der Waals surface area contributed by atoms with E-state index in [0.717, 1.165) is 0 Å². The highest BCUT2D eigenvalue weighted by Crippen LogP contribution is 2.35. The van der Waals surface area contributed by atoms with E-state index in [2.05, 4.69) is 11.3 Å². The number of halogens is 4. The molecular weight excluding hydrogens is 184 g/mol. The van der Waals surface area contributed by atoms with Gasteiger partial charge in [-0.1, -0.05) is 6.58 Å². The second-order valence-corrected chi connectivity index (χ2v) is 1.68. The summed E-state index contributed by atoms with van der Waals surface area (Å²) < 4.78 is 50.5. The molecule has 0 saturated carbocycles.